The number of aliphatic hydroxyl groups is 1. The molecule has 4 saturated carbocycles. The van der Waals surface area contributed by atoms with E-state index in [1.807, 2.05) is 23.9 Å². The molecule has 0 saturated heterocycles. The Morgan fingerprint density at radius 2 is 1.97 bits per heavy atom. The van der Waals surface area contributed by atoms with Crippen LogP contribution < -0.4 is 0 Å². The maximum absolute atomic E-state index is 11.1. The summed E-state index contributed by atoms with van der Waals surface area (Å²) in [6.45, 7) is 9.16. The standard InChI is InChI=1S/C29H45N3O2/c1-4-20(18-32-15-12-22(17-30)31-32)26-8-9-27-25-7-6-21-16-29(33,19-34-5-2)14-11-23(21)24(25)10-13-28(26,27)3/h12,15,20-21,23-27,33H,4-11,13-14,16,18-19H2,1-3H3/t20-,21-,23+,24-,25-,26-,27+,28-,29-/m1/s1. The normalized spacial score (nSPS) is 42.3. The lowest BCUT2D eigenvalue weighted by molar-refractivity contribution is -0.130. The molecule has 1 heterocycles. The quantitative estimate of drug-likeness (QED) is 0.549. The second-order valence-corrected chi connectivity index (χ2v) is 12.5. The molecule has 5 rings (SSSR count). The van der Waals surface area contributed by atoms with E-state index < -0.39 is 5.60 Å². The van der Waals surface area contributed by atoms with Gasteiger partial charge in [0.15, 0.2) is 5.69 Å². The Morgan fingerprint density at radius 1 is 1.15 bits per heavy atom. The molecule has 4 fully saturated rings. The SMILES string of the molecule is CCOC[C@@]1(O)CC[C@H]2[C@H](CC[C@@H]3[C@@H]2CC[C@]2(C)[C@@H]([C@H](CC)Cn4ccc(C#N)n4)CC[C@@H]32)C1. The molecule has 4 aliphatic carbocycles. The van der Waals surface area contributed by atoms with Gasteiger partial charge in [0.25, 0.3) is 0 Å². The molecule has 9 atom stereocenters. The maximum atomic E-state index is 11.1. The molecule has 0 aliphatic heterocycles. The summed E-state index contributed by atoms with van der Waals surface area (Å²) in [5, 5.41) is 24.8. The predicted molar refractivity (Wildman–Crippen MR) is 133 cm³/mol. The van der Waals surface area contributed by atoms with Crippen molar-refractivity contribution in [1.29, 1.82) is 5.26 Å². The first-order valence-electron chi connectivity index (χ1n) is 14.1. The zero-order chi connectivity index (χ0) is 23.9. The van der Waals surface area contributed by atoms with Gasteiger partial charge in [0.05, 0.1) is 12.2 Å². The molecule has 0 bridgehead atoms. The Balaban J connectivity index is 1.27. The molecule has 0 spiro atoms. The average Bonchev–Trinajstić information content (AvgIpc) is 3.44. The van der Waals surface area contributed by atoms with Crippen LogP contribution in [0.15, 0.2) is 12.3 Å². The summed E-state index contributed by atoms with van der Waals surface area (Å²) in [6.07, 6.45) is 14.4. The zero-order valence-corrected chi connectivity index (χ0v) is 21.6. The number of aromatic nitrogens is 2. The van der Waals surface area contributed by atoms with Crippen LogP contribution in [-0.2, 0) is 11.3 Å². The molecule has 4 aliphatic rings. The number of rotatable bonds is 7. The molecule has 1 N–H and O–H groups in total. The fourth-order valence-electron chi connectivity index (χ4n) is 9.50. The highest BCUT2D eigenvalue weighted by Gasteiger charge is 2.58. The monoisotopic (exact) mass is 467 g/mol. The zero-order valence-electron chi connectivity index (χ0n) is 21.6. The molecular weight excluding hydrogens is 422 g/mol. The van der Waals surface area contributed by atoms with Crippen molar-refractivity contribution in [2.24, 2.45) is 46.8 Å². The van der Waals surface area contributed by atoms with Crippen molar-refractivity contribution in [3.63, 3.8) is 0 Å². The third-order valence-corrected chi connectivity index (χ3v) is 11.0. The van der Waals surface area contributed by atoms with Gasteiger partial charge in [-0.2, -0.15) is 10.4 Å². The van der Waals surface area contributed by atoms with Crippen molar-refractivity contribution >= 4 is 0 Å². The average molecular weight is 468 g/mol. The van der Waals surface area contributed by atoms with E-state index in [-0.39, 0.29) is 0 Å². The number of hydrogen-bond donors (Lipinski definition) is 1. The molecule has 0 radical (unpaired) electrons. The van der Waals surface area contributed by atoms with Crippen molar-refractivity contribution in [3.05, 3.63) is 18.0 Å². The van der Waals surface area contributed by atoms with E-state index in [4.69, 9.17) is 10.00 Å². The van der Waals surface area contributed by atoms with Gasteiger partial charge in [-0.05, 0) is 118 Å². The molecule has 1 aromatic rings. The molecule has 0 amide bonds. The summed E-state index contributed by atoms with van der Waals surface area (Å²) in [4.78, 5) is 0. The minimum Gasteiger partial charge on any atom is -0.387 e. The first kappa shape index (κ1) is 24.3. The first-order valence-corrected chi connectivity index (χ1v) is 14.1. The Morgan fingerprint density at radius 3 is 2.71 bits per heavy atom. The fourth-order valence-corrected chi connectivity index (χ4v) is 9.50. The Hall–Kier alpha value is -1.38. The van der Waals surface area contributed by atoms with Crippen molar-refractivity contribution < 1.29 is 9.84 Å². The second-order valence-electron chi connectivity index (χ2n) is 12.5. The van der Waals surface area contributed by atoms with Crippen LogP contribution in [0.4, 0.5) is 0 Å². The van der Waals surface area contributed by atoms with Gasteiger partial charge in [-0.25, -0.2) is 0 Å². The highest BCUT2D eigenvalue weighted by atomic mass is 16.5. The van der Waals surface area contributed by atoms with Crippen LogP contribution in [0, 0.1) is 58.2 Å². The van der Waals surface area contributed by atoms with Crippen molar-refractivity contribution in [2.75, 3.05) is 13.2 Å². The number of hydrogen-bond acceptors (Lipinski definition) is 4. The van der Waals surface area contributed by atoms with Gasteiger partial charge in [0, 0.05) is 19.3 Å². The minimum absolute atomic E-state index is 0.449. The van der Waals surface area contributed by atoms with E-state index in [2.05, 4.69) is 25.0 Å². The fraction of sp³-hybridized carbons (Fsp3) is 0.862. The Kier molecular flexibility index (Phi) is 6.85. The van der Waals surface area contributed by atoms with Gasteiger partial charge in [-0.15, -0.1) is 0 Å². The summed E-state index contributed by atoms with van der Waals surface area (Å²) in [5.41, 5.74) is 0.394. The van der Waals surface area contributed by atoms with Gasteiger partial charge in [-0.1, -0.05) is 20.3 Å². The van der Waals surface area contributed by atoms with Gasteiger partial charge in [0.1, 0.15) is 6.07 Å². The van der Waals surface area contributed by atoms with Crippen molar-refractivity contribution in [3.8, 4) is 6.07 Å². The van der Waals surface area contributed by atoms with Crippen LogP contribution >= 0.6 is 0 Å². The summed E-state index contributed by atoms with van der Waals surface area (Å²) >= 11 is 0. The van der Waals surface area contributed by atoms with Gasteiger partial charge >= 0.3 is 0 Å². The smallest absolute Gasteiger partial charge is 0.162 e. The molecule has 5 heteroatoms. The third-order valence-electron chi connectivity index (χ3n) is 11.0. The predicted octanol–water partition coefficient (Wildman–Crippen LogP) is 5.82. The van der Waals surface area contributed by atoms with Crippen LogP contribution in [-0.4, -0.2) is 33.7 Å². The number of nitrogens with zero attached hydrogens (tertiary/aromatic N) is 3. The lowest BCUT2D eigenvalue weighted by Gasteiger charge is -2.57. The van der Waals surface area contributed by atoms with Crippen LogP contribution in [0.1, 0.15) is 90.7 Å². The van der Waals surface area contributed by atoms with Gasteiger partial charge in [-0.3, -0.25) is 4.68 Å². The Bertz CT molecular complexity index is 892. The largest absolute Gasteiger partial charge is 0.387 e. The summed E-state index contributed by atoms with van der Waals surface area (Å²) < 4.78 is 7.67. The molecule has 1 aromatic heterocycles. The highest BCUT2D eigenvalue weighted by Crippen LogP contribution is 2.66. The van der Waals surface area contributed by atoms with E-state index in [1.165, 1.54) is 51.4 Å². The third kappa shape index (κ3) is 4.24. The molecule has 188 valence electrons. The Labute approximate surface area is 206 Å². The van der Waals surface area contributed by atoms with Gasteiger partial charge in [0.2, 0.25) is 0 Å². The number of nitriles is 1. The van der Waals surface area contributed by atoms with Gasteiger partial charge < -0.3 is 9.84 Å². The van der Waals surface area contributed by atoms with E-state index in [0.29, 0.717) is 36.2 Å². The summed E-state index contributed by atoms with van der Waals surface area (Å²) in [5.74, 6) is 5.53. The van der Waals surface area contributed by atoms with Crippen LogP contribution in [0.3, 0.4) is 0 Å². The van der Waals surface area contributed by atoms with E-state index >= 15 is 0 Å². The summed E-state index contributed by atoms with van der Waals surface area (Å²) in [6, 6.07) is 4.02. The molecule has 5 nitrogen and oxygen atoms in total. The van der Waals surface area contributed by atoms with Crippen LogP contribution in [0.2, 0.25) is 0 Å². The topological polar surface area (TPSA) is 71.1 Å². The summed E-state index contributed by atoms with van der Waals surface area (Å²) in [7, 11) is 0. The van der Waals surface area contributed by atoms with E-state index in [0.717, 1.165) is 49.0 Å². The number of ether oxygens (including phenoxy) is 1. The van der Waals surface area contributed by atoms with Crippen molar-refractivity contribution in [2.45, 2.75) is 97.1 Å². The lowest BCUT2D eigenvalue weighted by Crippen LogP contribution is -2.52. The minimum atomic E-state index is -0.585. The molecule has 0 aromatic carbocycles. The number of fused-ring (bicyclic) bond motifs is 5. The van der Waals surface area contributed by atoms with Crippen molar-refractivity contribution in [1.82, 2.24) is 9.78 Å². The first-order chi connectivity index (χ1) is 16.4. The molecule has 0 unspecified atom stereocenters. The lowest BCUT2D eigenvalue weighted by atomic mass is 9.48. The van der Waals surface area contributed by atoms with E-state index in [9.17, 15) is 5.11 Å². The van der Waals surface area contributed by atoms with E-state index in [1.54, 1.807) is 0 Å². The van der Waals surface area contributed by atoms with Crippen LogP contribution in [0.5, 0.6) is 0 Å². The molecule has 34 heavy (non-hydrogen) atoms. The second kappa shape index (κ2) is 9.58. The molecular formula is C29H45N3O2. The maximum Gasteiger partial charge on any atom is 0.162 e. The van der Waals surface area contributed by atoms with Crippen LogP contribution in [0.25, 0.3) is 0 Å². The highest BCUT2D eigenvalue weighted by molar-refractivity contribution is 5.16.